The quantitative estimate of drug-likeness (QED) is 0.710. The Morgan fingerprint density at radius 1 is 1.26 bits per heavy atom. The van der Waals surface area contributed by atoms with Gasteiger partial charge in [-0.1, -0.05) is 18.2 Å². The molecule has 1 atom stereocenters. The minimum Gasteiger partial charge on any atom is -0.493 e. The van der Waals surface area contributed by atoms with Crippen molar-refractivity contribution < 1.29 is 24.0 Å². The van der Waals surface area contributed by atoms with Gasteiger partial charge >= 0.3 is 5.97 Å². The van der Waals surface area contributed by atoms with Crippen molar-refractivity contribution in [1.82, 2.24) is 0 Å². The molecule has 0 fully saturated rings. The van der Waals surface area contributed by atoms with Crippen molar-refractivity contribution in [3.05, 3.63) is 46.3 Å². The third kappa shape index (κ3) is 4.87. The summed E-state index contributed by atoms with van der Waals surface area (Å²) in [6.07, 6.45) is 1.03. The molecule has 0 saturated heterocycles. The molecule has 2 heterocycles. The van der Waals surface area contributed by atoms with Crippen molar-refractivity contribution in [2.45, 2.75) is 26.3 Å². The number of likely N-dealkylation sites (N-methyl/N-ethyl adjacent to an activating group) is 1. The fraction of sp³-hybridized carbons (Fsp3) is 0.400. The number of ether oxygens (including phenoxy) is 2. The molecule has 6 nitrogen and oxygen atoms in total. The van der Waals surface area contributed by atoms with Gasteiger partial charge in [-0.3, -0.25) is 4.79 Å². The van der Waals surface area contributed by atoms with Gasteiger partial charge in [0.15, 0.2) is 0 Å². The summed E-state index contributed by atoms with van der Waals surface area (Å²) in [5.74, 6) is 0.205. The summed E-state index contributed by atoms with van der Waals surface area (Å²) in [6.45, 7) is 4.21. The summed E-state index contributed by atoms with van der Waals surface area (Å²) >= 11 is 1.48. The Kier molecular flexibility index (Phi) is 6.47. The van der Waals surface area contributed by atoms with E-state index in [0.717, 1.165) is 35.7 Å². The van der Waals surface area contributed by atoms with Crippen molar-refractivity contribution in [2.75, 3.05) is 32.1 Å². The molecule has 2 aromatic rings. The number of fused-ring (bicyclic) bond motifs is 1. The largest absolute Gasteiger partial charge is 0.493 e. The molecule has 1 aromatic heterocycles. The van der Waals surface area contributed by atoms with Crippen LogP contribution in [0, 0.1) is 0 Å². The van der Waals surface area contributed by atoms with E-state index in [4.69, 9.17) is 9.47 Å². The van der Waals surface area contributed by atoms with Crippen LogP contribution in [-0.4, -0.2) is 38.7 Å². The number of carbonyl (C=O) groups is 2. The number of hydrogen-bond donors (Lipinski definition) is 2. The van der Waals surface area contributed by atoms with Crippen molar-refractivity contribution in [2.24, 2.45) is 0 Å². The van der Waals surface area contributed by atoms with Crippen molar-refractivity contribution in [3.63, 3.8) is 0 Å². The molecule has 1 aromatic carbocycles. The maximum Gasteiger partial charge on any atom is 0.341 e. The maximum atomic E-state index is 12.5. The molecule has 1 aliphatic heterocycles. The number of nitrogens with one attached hydrogen (secondary N) is 2. The predicted molar refractivity (Wildman–Crippen MR) is 105 cm³/mol. The van der Waals surface area contributed by atoms with Crippen LogP contribution in [0.3, 0.4) is 0 Å². The second-order valence-electron chi connectivity index (χ2n) is 6.52. The number of rotatable bonds is 7. The Morgan fingerprint density at radius 3 is 2.78 bits per heavy atom. The molecule has 1 aliphatic rings. The smallest absolute Gasteiger partial charge is 0.341 e. The van der Waals surface area contributed by atoms with Crippen LogP contribution < -0.4 is 15.0 Å². The Balaban J connectivity index is 1.67. The Morgan fingerprint density at radius 2 is 2.04 bits per heavy atom. The lowest BCUT2D eigenvalue weighted by Crippen LogP contribution is -3.08. The number of benzene rings is 1. The minimum atomic E-state index is -0.356. The van der Waals surface area contributed by atoms with Crippen LogP contribution in [0.1, 0.15) is 34.1 Å². The molecule has 0 aliphatic carbocycles. The summed E-state index contributed by atoms with van der Waals surface area (Å²) < 4.78 is 10.8. The summed E-state index contributed by atoms with van der Waals surface area (Å²) in [5, 5.41) is 3.49. The number of thiophene rings is 1. The molecular weight excluding hydrogens is 364 g/mol. The number of para-hydroxylation sites is 1. The van der Waals surface area contributed by atoms with Crippen LogP contribution in [0.5, 0.6) is 5.75 Å². The molecule has 7 heteroatoms. The van der Waals surface area contributed by atoms with Gasteiger partial charge in [0.2, 0.25) is 5.91 Å². The first-order chi connectivity index (χ1) is 13.1. The highest BCUT2D eigenvalue weighted by atomic mass is 32.1. The van der Waals surface area contributed by atoms with Gasteiger partial charge in [-0.2, -0.15) is 0 Å². The number of hydrogen-bond acceptors (Lipinski definition) is 5. The fourth-order valence-corrected chi connectivity index (χ4v) is 4.46. The highest BCUT2D eigenvalue weighted by Crippen LogP contribution is 2.35. The summed E-state index contributed by atoms with van der Waals surface area (Å²) in [6, 6.07) is 9.38. The molecular formula is C20H25N2O4S+. The van der Waals surface area contributed by atoms with E-state index in [-0.39, 0.29) is 24.9 Å². The highest BCUT2D eigenvalue weighted by Gasteiger charge is 2.30. The van der Waals surface area contributed by atoms with E-state index in [1.807, 2.05) is 30.3 Å². The molecule has 27 heavy (non-hydrogen) atoms. The van der Waals surface area contributed by atoms with E-state index in [1.165, 1.54) is 16.2 Å². The Labute approximate surface area is 163 Å². The Bertz CT molecular complexity index is 804. The first-order valence-electron chi connectivity index (χ1n) is 9.19. The average molecular weight is 389 g/mol. The standard InChI is InChI=1S/C20H24N2O4S/c1-3-25-20(24)18-15-9-11-22(2)13-16(15)27-19(18)21-17(23)10-12-26-14-7-5-4-6-8-14/h4-8H,3,9-13H2,1-2H3,(H,21,23)/p+1. The van der Waals surface area contributed by atoms with Crippen LogP contribution in [0.2, 0.25) is 0 Å². The lowest BCUT2D eigenvalue weighted by Gasteiger charge is -2.19. The normalized spacial score (nSPS) is 15.7. The zero-order chi connectivity index (χ0) is 19.2. The third-order valence-corrected chi connectivity index (χ3v) is 5.58. The number of amides is 1. The van der Waals surface area contributed by atoms with Crippen LogP contribution >= 0.6 is 11.3 Å². The second kappa shape index (κ2) is 9.01. The van der Waals surface area contributed by atoms with Crippen molar-refractivity contribution >= 4 is 28.2 Å². The zero-order valence-electron chi connectivity index (χ0n) is 15.7. The lowest BCUT2D eigenvalue weighted by atomic mass is 10.0. The SMILES string of the molecule is CCOC(=O)c1c(NC(=O)CCOc2ccccc2)sc2c1CC[NH+](C)C2. The molecule has 0 radical (unpaired) electrons. The molecule has 3 rings (SSSR count). The number of esters is 1. The van der Waals surface area contributed by atoms with E-state index in [1.54, 1.807) is 6.92 Å². The predicted octanol–water partition coefficient (Wildman–Crippen LogP) is 1.90. The second-order valence-corrected chi connectivity index (χ2v) is 7.63. The van der Waals surface area contributed by atoms with Gasteiger partial charge in [0.1, 0.15) is 17.3 Å². The zero-order valence-corrected chi connectivity index (χ0v) is 16.5. The number of carbonyl (C=O) groups excluding carboxylic acids is 2. The first-order valence-corrected chi connectivity index (χ1v) is 10.0. The molecule has 0 spiro atoms. The van der Waals surface area contributed by atoms with Crippen molar-refractivity contribution in [3.8, 4) is 5.75 Å². The van der Waals surface area contributed by atoms with E-state index >= 15 is 0 Å². The number of quaternary nitrogens is 1. The van der Waals surface area contributed by atoms with Crippen LogP contribution in [0.15, 0.2) is 30.3 Å². The van der Waals surface area contributed by atoms with Gasteiger partial charge in [0, 0.05) is 6.42 Å². The van der Waals surface area contributed by atoms with Crippen LogP contribution in [-0.2, 0) is 22.5 Å². The van der Waals surface area contributed by atoms with E-state index in [2.05, 4.69) is 12.4 Å². The maximum absolute atomic E-state index is 12.5. The van der Waals surface area contributed by atoms with Gasteiger partial charge in [-0.15, -0.1) is 11.3 Å². The topological polar surface area (TPSA) is 69.1 Å². The van der Waals surface area contributed by atoms with Crippen LogP contribution in [0.25, 0.3) is 0 Å². The molecule has 0 bridgehead atoms. The fourth-order valence-electron chi connectivity index (χ4n) is 3.09. The first kappa shape index (κ1) is 19.4. The molecule has 1 unspecified atom stereocenters. The molecule has 2 N–H and O–H groups in total. The van der Waals surface area contributed by atoms with Gasteiger partial charge in [0.25, 0.3) is 0 Å². The molecule has 0 saturated carbocycles. The monoisotopic (exact) mass is 389 g/mol. The van der Waals surface area contributed by atoms with Crippen molar-refractivity contribution in [1.29, 1.82) is 0 Å². The summed E-state index contributed by atoms with van der Waals surface area (Å²) in [5.41, 5.74) is 1.56. The third-order valence-electron chi connectivity index (χ3n) is 4.43. The number of anilines is 1. The van der Waals surface area contributed by atoms with E-state index in [9.17, 15) is 9.59 Å². The lowest BCUT2D eigenvalue weighted by molar-refractivity contribution is -0.895. The molecule has 1 amide bonds. The van der Waals surface area contributed by atoms with Crippen LogP contribution in [0.4, 0.5) is 5.00 Å². The van der Waals surface area contributed by atoms with Gasteiger partial charge in [0.05, 0.1) is 43.7 Å². The van der Waals surface area contributed by atoms with E-state index < -0.39 is 0 Å². The summed E-state index contributed by atoms with van der Waals surface area (Å²) in [7, 11) is 2.13. The minimum absolute atomic E-state index is 0.171. The average Bonchev–Trinajstić information content (AvgIpc) is 2.99. The van der Waals surface area contributed by atoms with Gasteiger partial charge < -0.3 is 19.7 Å². The van der Waals surface area contributed by atoms with Gasteiger partial charge in [-0.25, -0.2) is 4.79 Å². The van der Waals surface area contributed by atoms with Gasteiger partial charge in [-0.05, 0) is 24.6 Å². The summed E-state index contributed by atoms with van der Waals surface area (Å²) in [4.78, 5) is 27.4. The molecule has 144 valence electrons. The van der Waals surface area contributed by atoms with E-state index in [0.29, 0.717) is 17.2 Å². The highest BCUT2D eigenvalue weighted by molar-refractivity contribution is 7.17. The Hall–Kier alpha value is -2.38.